The summed E-state index contributed by atoms with van der Waals surface area (Å²) in [5.74, 6) is 0.970. The fourth-order valence-electron chi connectivity index (χ4n) is 12.3. The van der Waals surface area contributed by atoms with E-state index in [0.717, 1.165) is 12.8 Å². The monoisotopic (exact) mass is 903 g/mol. The van der Waals surface area contributed by atoms with E-state index < -0.39 is 0 Å². The average Bonchev–Trinajstić information content (AvgIpc) is 3.60. The van der Waals surface area contributed by atoms with Crippen LogP contribution in [-0.4, -0.2) is 0 Å². The van der Waals surface area contributed by atoms with E-state index in [1.807, 2.05) is 11.3 Å². The number of benzene rings is 3. The van der Waals surface area contributed by atoms with Gasteiger partial charge in [0.05, 0.1) is 11.4 Å². The van der Waals surface area contributed by atoms with E-state index in [2.05, 4.69) is 220 Å². The number of rotatable bonds is 6. The van der Waals surface area contributed by atoms with Gasteiger partial charge < -0.3 is 9.80 Å². The second-order valence-electron chi connectivity index (χ2n) is 27.2. The molecule has 1 saturated carbocycles. The number of nitrogens with zero attached hydrogens (tertiary/aromatic N) is 2. The Kier molecular flexibility index (Phi) is 11.9. The maximum absolute atomic E-state index is 2.70. The normalized spacial score (nSPS) is 22.4. The Morgan fingerprint density at radius 3 is 1.71 bits per heavy atom. The fourth-order valence-corrected chi connectivity index (χ4v) is 13.3. The Morgan fingerprint density at radius 1 is 0.606 bits per heavy atom. The van der Waals surface area contributed by atoms with Gasteiger partial charge in [-0.3, -0.25) is 0 Å². The number of allylic oxidation sites excluding steroid dienone is 7. The molecule has 0 spiro atoms. The first-order valence-corrected chi connectivity index (χ1v) is 26.5. The lowest BCUT2D eigenvalue weighted by atomic mass is 9.56. The van der Waals surface area contributed by atoms with Crippen molar-refractivity contribution < 1.29 is 0 Å². The molecule has 2 unspecified atom stereocenters. The summed E-state index contributed by atoms with van der Waals surface area (Å²) in [5, 5.41) is 3.87. The third kappa shape index (κ3) is 8.75. The first-order chi connectivity index (χ1) is 30.3. The second kappa shape index (κ2) is 16.1. The molecule has 8 rings (SSSR count). The molecule has 2 nitrogen and oxygen atoms in total. The van der Waals surface area contributed by atoms with E-state index in [0.29, 0.717) is 11.8 Å². The van der Waals surface area contributed by atoms with Gasteiger partial charge in [0.15, 0.2) is 0 Å². The zero-order chi connectivity index (χ0) is 48.5. The largest absolute Gasteiger partial charge is 0.314 e. The fraction of sp³-hybridized carbons (Fsp3) is 0.556. The van der Waals surface area contributed by atoms with E-state index in [-0.39, 0.29) is 37.9 Å². The van der Waals surface area contributed by atoms with Crippen molar-refractivity contribution in [1.82, 2.24) is 0 Å². The third-order valence-electron chi connectivity index (χ3n) is 16.9. The summed E-state index contributed by atoms with van der Waals surface area (Å²) < 4.78 is 1.39. The molecule has 0 aliphatic heterocycles. The number of anilines is 4. The van der Waals surface area contributed by atoms with Gasteiger partial charge in [0.1, 0.15) is 0 Å². The SMILES string of the molecule is Cc1cc(C(C)(C)C)cc(C)c1N(C1=CC=C(C(C)(C)C)C(C)C1)c1cc(N(C2=CCC3C(=C2)C(C)(C)CCC3(C)C)c2csc3cc4c(cc23)C(C)(C)CCC4(C)C)cc(C(C)(C)C)c1. The lowest BCUT2D eigenvalue weighted by molar-refractivity contribution is 0.123. The summed E-state index contributed by atoms with van der Waals surface area (Å²) in [7, 11) is 0. The summed E-state index contributed by atoms with van der Waals surface area (Å²) >= 11 is 1.93. The Balaban J connectivity index is 1.43. The highest BCUT2D eigenvalue weighted by Crippen LogP contribution is 2.57. The van der Waals surface area contributed by atoms with E-state index in [1.54, 1.807) is 5.57 Å². The van der Waals surface area contributed by atoms with Crippen LogP contribution in [0.1, 0.15) is 197 Å². The summed E-state index contributed by atoms with van der Waals surface area (Å²) in [4.78, 5) is 5.37. The zero-order valence-corrected chi connectivity index (χ0v) is 45.9. The van der Waals surface area contributed by atoms with Crippen molar-refractivity contribution >= 4 is 44.2 Å². The summed E-state index contributed by atoms with van der Waals surface area (Å²) in [6, 6.07) is 17.7. The molecule has 0 bridgehead atoms. The maximum Gasteiger partial charge on any atom is 0.0647 e. The van der Waals surface area contributed by atoms with Crippen LogP contribution in [0.15, 0.2) is 94.7 Å². The molecule has 1 heterocycles. The number of thiophene rings is 1. The average molecular weight is 903 g/mol. The molecule has 0 radical (unpaired) electrons. The van der Waals surface area contributed by atoms with Crippen LogP contribution in [0.2, 0.25) is 0 Å². The highest BCUT2D eigenvalue weighted by Gasteiger charge is 2.45. The molecule has 66 heavy (non-hydrogen) atoms. The second-order valence-corrected chi connectivity index (χ2v) is 28.1. The topological polar surface area (TPSA) is 6.48 Å². The van der Waals surface area contributed by atoms with Crippen LogP contribution < -0.4 is 9.80 Å². The van der Waals surface area contributed by atoms with Crippen molar-refractivity contribution in [2.45, 2.75) is 199 Å². The number of hydrogen-bond acceptors (Lipinski definition) is 3. The number of fused-ring (bicyclic) bond motifs is 3. The molecular formula is C63H86N2S. The minimum Gasteiger partial charge on any atom is -0.314 e. The molecule has 1 aromatic heterocycles. The van der Waals surface area contributed by atoms with Crippen molar-refractivity contribution in [2.75, 3.05) is 9.80 Å². The van der Waals surface area contributed by atoms with Gasteiger partial charge in [0.25, 0.3) is 0 Å². The molecular weight excluding hydrogens is 817 g/mol. The first kappa shape index (κ1) is 48.6. The number of hydrogen-bond donors (Lipinski definition) is 0. The van der Waals surface area contributed by atoms with Crippen LogP contribution in [0.4, 0.5) is 22.7 Å². The van der Waals surface area contributed by atoms with Gasteiger partial charge >= 0.3 is 0 Å². The van der Waals surface area contributed by atoms with Crippen molar-refractivity contribution in [2.24, 2.45) is 28.1 Å². The molecule has 4 aliphatic carbocycles. The van der Waals surface area contributed by atoms with Gasteiger partial charge in [-0.05, 0) is 178 Å². The predicted molar refractivity (Wildman–Crippen MR) is 292 cm³/mol. The van der Waals surface area contributed by atoms with Crippen LogP contribution in [0.5, 0.6) is 0 Å². The van der Waals surface area contributed by atoms with E-state index in [4.69, 9.17) is 0 Å². The quantitative estimate of drug-likeness (QED) is 0.190. The molecule has 3 aromatic carbocycles. The molecule has 0 saturated heterocycles. The maximum atomic E-state index is 2.70. The highest BCUT2D eigenvalue weighted by molar-refractivity contribution is 7.17. The van der Waals surface area contributed by atoms with Crippen LogP contribution >= 0.6 is 11.3 Å². The standard InChI is InChI=1S/C63H86N2S/c1-39-31-44(21-23-49(39)59(10,11)12)65(56-40(2)29-42(30-41(56)3)57(4,5)6)47-33-43(58(7,8)9)32-46(34-47)64(45-22-24-50-51(35-45)61(15,16)26-25-60(50,13)14)54-38-66-55-37-53-52(36-48(54)55)62(17,18)27-28-63(53,19)20/h21-23,29-30,32-39,50H,24-28,31H2,1-20H3. The summed E-state index contributed by atoms with van der Waals surface area (Å²) in [6.07, 6.45) is 17.1. The molecule has 4 aliphatic rings. The van der Waals surface area contributed by atoms with Crippen molar-refractivity contribution in [3.8, 4) is 0 Å². The van der Waals surface area contributed by atoms with Crippen molar-refractivity contribution in [1.29, 1.82) is 0 Å². The Labute approximate surface area is 406 Å². The molecule has 0 N–H and O–H groups in total. The van der Waals surface area contributed by atoms with E-state index >= 15 is 0 Å². The predicted octanol–water partition coefficient (Wildman–Crippen LogP) is 19.3. The van der Waals surface area contributed by atoms with E-state index in [1.165, 1.54) is 109 Å². The summed E-state index contributed by atoms with van der Waals surface area (Å²) in [6.45, 7) is 48.4. The lowest BCUT2D eigenvalue weighted by Gasteiger charge is -2.50. The lowest BCUT2D eigenvalue weighted by Crippen LogP contribution is -2.39. The molecule has 3 heteroatoms. The van der Waals surface area contributed by atoms with Gasteiger partial charge in [-0.25, -0.2) is 0 Å². The zero-order valence-electron chi connectivity index (χ0n) is 45.1. The minimum absolute atomic E-state index is 0.0541. The van der Waals surface area contributed by atoms with Crippen molar-refractivity contribution in [3.05, 3.63) is 128 Å². The summed E-state index contributed by atoms with van der Waals surface area (Å²) in [5.41, 5.74) is 20.1. The Bertz CT molecular complexity index is 2670. The molecule has 4 aromatic rings. The molecule has 1 fully saturated rings. The molecule has 2 atom stereocenters. The minimum atomic E-state index is -0.0961. The Hall–Kier alpha value is -3.82. The van der Waals surface area contributed by atoms with Gasteiger partial charge in [-0.1, -0.05) is 160 Å². The van der Waals surface area contributed by atoms with E-state index in [9.17, 15) is 0 Å². The highest BCUT2D eigenvalue weighted by atomic mass is 32.1. The smallest absolute Gasteiger partial charge is 0.0647 e. The third-order valence-corrected chi connectivity index (χ3v) is 17.8. The molecule has 354 valence electrons. The first-order valence-electron chi connectivity index (χ1n) is 25.6. The molecule has 0 amide bonds. The van der Waals surface area contributed by atoms with Crippen LogP contribution in [0.25, 0.3) is 10.1 Å². The van der Waals surface area contributed by atoms with Gasteiger partial charge in [0, 0.05) is 38.2 Å². The Morgan fingerprint density at radius 2 is 1.15 bits per heavy atom. The van der Waals surface area contributed by atoms with Crippen LogP contribution in [-0.2, 0) is 21.7 Å². The number of aryl methyl sites for hydroxylation is 2. The van der Waals surface area contributed by atoms with Gasteiger partial charge in [-0.2, -0.15) is 0 Å². The van der Waals surface area contributed by atoms with Gasteiger partial charge in [-0.15, -0.1) is 11.3 Å². The van der Waals surface area contributed by atoms with Crippen LogP contribution in [0, 0.1) is 41.9 Å². The van der Waals surface area contributed by atoms with Gasteiger partial charge in [0.2, 0.25) is 0 Å². The van der Waals surface area contributed by atoms with Crippen LogP contribution in [0.3, 0.4) is 0 Å². The van der Waals surface area contributed by atoms with Crippen molar-refractivity contribution in [3.63, 3.8) is 0 Å².